The van der Waals surface area contributed by atoms with Crippen LogP contribution in [0.5, 0.6) is 0 Å². The number of para-hydroxylation sites is 1. The van der Waals surface area contributed by atoms with Gasteiger partial charge < -0.3 is 4.90 Å². The fourth-order valence-electron chi connectivity index (χ4n) is 3.40. The average molecular weight is 431 g/mol. The van der Waals surface area contributed by atoms with Gasteiger partial charge in [-0.1, -0.05) is 41.9 Å². The molecular formula is C20H20ClFN6O2. The van der Waals surface area contributed by atoms with Gasteiger partial charge in [0.05, 0.1) is 10.7 Å². The molecule has 0 unspecified atom stereocenters. The number of tetrazole rings is 1. The van der Waals surface area contributed by atoms with Crippen molar-refractivity contribution in [3.63, 3.8) is 0 Å². The second kappa shape index (κ2) is 8.76. The molecule has 1 fully saturated rings. The zero-order chi connectivity index (χ0) is 21.1. The van der Waals surface area contributed by atoms with E-state index in [-0.39, 0.29) is 18.3 Å². The molecule has 2 heterocycles. The molecule has 0 aliphatic carbocycles. The third-order valence-electron chi connectivity index (χ3n) is 5.08. The Labute approximate surface area is 177 Å². The molecule has 8 nitrogen and oxygen atoms in total. The van der Waals surface area contributed by atoms with Gasteiger partial charge >= 0.3 is 5.69 Å². The third-order valence-corrected chi connectivity index (χ3v) is 5.40. The van der Waals surface area contributed by atoms with E-state index in [0.717, 1.165) is 9.36 Å². The summed E-state index contributed by atoms with van der Waals surface area (Å²) >= 11 is 6.11. The molecular weight excluding hydrogens is 411 g/mol. The number of benzene rings is 2. The van der Waals surface area contributed by atoms with Gasteiger partial charge in [-0.15, -0.1) is 0 Å². The lowest BCUT2D eigenvalue weighted by molar-refractivity contribution is -0.133. The Hall–Kier alpha value is -3.04. The molecule has 0 N–H and O–H groups in total. The molecule has 30 heavy (non-hydrogen) atoms. The topological polar surface area (TPSA) is 76.3 Å². The van der Waals surface area contributed by atoms with Crippen LogP contribution in [0.2, 0.25) is 5.02 Å². The first-order valence-electron chi connectivity index (χ1n) is 9.54. The van der Waals surface area contributed by atoms with E-state index in [1.54, 1.807) is 41.3 Å². The lowest BCUT2D eigenvalue weighted by Crippen LogP contribution is -2.49. The summed E-state index contributed by atoms with van der Waals surface area (Å²) in [4.78, 5) is 29.0. The van der Waals surface area contributed by atoms with Gasteiger partial charge in [-0.2, -0.15) is 9.36 Å². The number of aromatic nitrogens is 4. The van der Waals surface area contributed by atoms with Crippen LogP contribution in [0.4, 0.5) is 4.39 Å². The number of carbonyl (C=O) groups is 1. The highest BCUT2D eigenvalue weighted by molar-refractivity contribution is 6.32. The van der Waals surface area contributed by atoms with E-state index in [4.69, 9.17) is 11.6 Å². The van der Waals surface area contributed by atoms with E-state index in [9.17, 15) is 14.0 Å². The maximum atomic E-state index is 13.8. The van der Waals surface area contributed by atoms with Gasteiger partial charge in [0, 0.05) is 38.3 Å². The van der Waals surface area contributed by atoms with E-state index in [1.807, 2.05) is 6.07 Å². The van der Waals surface area contributed by atoms with E-state index < -0.39 is 5.69 Å². The van der Waals surface area contributed by atoms with Crippen molar-refractivity contribution in [1.29, 1.82) is 0 Å². The van der Waals surface area contributed by atoms with Crippen molar-refractivity contribution < 1.29 is 9.18 Å². The minimum absolute atomic E-state index is 0.198. The Morgan fingerprint density at radius 2 is 1.70 bits per heavy atom. The van der Waals surface area contributed by atoms with E-state index in [2.05, 4.69) is 15.3 Å². The van der Waals surface area contributed by atoms with Gasteiger partial charge in [0.2, 0.25) is 5.91 Å². The average Bonchev–Trinajstić information content (AvgIpc) is 3.10. The maximum Gasteiger partial charge on any atom is 0.369 e. The molecule has 1 aromatic heterocycles. The predicted octanol–water partition coefficient (Wildman–Crippen LogP) is 1.57. The minimum atomic E-state index is -0.533. The van der Waals surface area contributed by atoms with Crippen LogP contribution in [0.1, 0.15) is 5.56 Å². The molecule has 1 saturated heterocycles. The smallest absolute Gasteiger partial charge is 0.339 e. The molecule has 2 aromatic carbocycles. The van der Waals surface area contributed by atoms with E-state index >= 15 is 0 Å². The van der Waals surface area contributed by atoms with Crippen molar-refractivity contribution in [3.8, 4) is 5.69 Å². The van der Waals surface area contributed by atoms with Gasteiger partial charge in [-0.25, -0.2) is 9.18 Å². The van der Waals surface area contributed by atoms with Crippen molar-refractivity contribution >= 4 is 17.5 Å². The van der Waals surface area contributed by atoms with Gasteiger partial charge in [0.1, 0.15) is 12.4 Å². The Morgan fingerprint density at radius 3 is 2.43 bits per heavy atom. The summed E-state index contributed by atoms with van der Waals surface area (Å²) < 4.78 is 15.9. The normalized spacial score (nSPS) is 14.8. The van der Waals surface area contributed by atoms with Gasteiger partial charge in [0.25, 0.3) is 0 Å². The first-order chi connectivity index (χ1) is 14.5. The zero-order valence-electron chi connectivity index (χ0n) is 16.1. The molecule has 10 heteroatoms. The third kappa shape index (κ3) is 4.27. The molecule has 1 amide bonds. The highest BCUT2D eigenvalue weighted by atomic mass is 35.5. The van der Waals surface area contributed by atoms with Crippen LogP contribution < -0.4 is 5.69 Å². The van der Waals surface area contributed by atoms with Crippen molar-refractivity contribution in [3.05, 3.63) is 75.4 Å². The van der Waals surface area contributed by atoms with Crippen LogP contribution in [0.15, 0.2) is 53.3 Å². The fraction of sp³-hybridized carbons (Fsp3) is 0.300. The van der Waals surface area contributed by atoms with E-state index in [1.165, 1.54) is 6.07 Å². The molecule has 0 bridgehead atoms. The van der Waals surface area contributed by atoms with Crippen LogP contribution in [-0.4, -0.2) is 61.7 Å². The van der Waals surface area contributed by atoms with Crippen LogP contribution >= 0.6 is 11.6 Å². The molecule has 0 saturated carbocycles. The number of piperazine rings is 1. The number of nitrogens with zero attached hydrogens (tertiary/aromatic N) is 6. The first-order valence-corrected chi connectivity index (χ1v) is 9.92. The number of rotatable bonds is 5. The number of hydrogen-bond acceptors (Lipinski definition) is 5. The van der Waals surface area contributed by atoms with Gasteiger partial charge in [0.15, 0.2) is 0 Å². The minimum Gasteiger partial charge on any atom is -0.339 e. The molecule has 4 rings (SSSR count). The quantitative estimate of drug-likeness (QED) is 0.614. The van der Waals surface area contributed by atoms with Crippen LogP contribution in [0.25, 0.3) is 5.69 Å². The van der Waals surface area contributed by atoms with Crippen LogP contribution in [-0.2, 0) is 17.9 Å². The molecule has 3 aromatic rings. The maximum absolute atomic E-state index is 13.8. The predicted molar refractivity (Wildman–Crippen MR) is 109 cm³/mol. The summed E-state index contributed by atoms with van der Waals surface area (Å²) in [7, 11) is 0. The summed E-state index contributed by atoms with van der Waals surface area (Å²) in [6, 6.07) is 13.5. The molecule has 1 aliphatic rings. The number of hydrogen-bond donors (Lipinski definition) is 0. The first kappa shape index (κ1) is 20.2. The summed E-state index contributed by atoms with van der Waals surface area (Å²) in [6.07, 6.45) is 0. The number of halogens is 2. The number of amides is 1. The monoisotopic (exact) mass is 430 g/mol. The van der Waals surface area contributed by atoms with Crippen molar-refractivity contribution in [2.75, 3.05) is 26.2 Å². The summed E-state index contributed by atoms with van der Waals surface area (Å²) in [6.45, 7) is 2.56. The second-order valence-corrected chi connectivity index (χ2v) is 7.44. The van der Waals surface area contributed by atoms with Crippen molar-refractivity contribution in [2.45, 2.75) is 13.1 Å². The fourth-order valence-corrected chi connectivity index (χ4v) is 3.61. The Balaban J connectivity index is 1.36. The largest absolute Gasteiger partial charge is 0.369 e. The Morgan fingerprint density at radius 1 is 1.00 bits per heavy atom. The van der Waals surface area contributed by atoms with Crippen molar-refractivity contribution in [1.82, 2.24) is 29.6 Å². The summed E-state index contributed by atoms with van der Waals surface area (Å²) in [5, 5.41) is 8.00. The highest BCUT2D eigenvalue weighted by Crippen LogP contribution is 2.17. The lowest BCUT2D eigenvalue weighted by Gasteiger charge is -2.34. The lowest BCUT2D eigenvalue weighted by atomic mass is 10.2. The summed E-state index contributed by atoms with van der Waals surface area (Å²) in [5.74, 6) is -0.439. The second-order valence-electron chi connectivity index (χ2n) is 7.03. The Bertz CT molecular complexity index is 1110. The molecule has 0 atom stereocenters. The molecule has 1 aliphatic heterocycles. The van der Waals surface area contributed by atoms with E-state index in [0.29, 0.717) is 49.0 Å². The SMILES string of the molecule is O=C(Cn1nnn(-c2ccccc2Cl)c1=O)N1CCN(Cc2ccccc2F)CC1. The van der Waals surface area contributed by atoms with Crippen LogP contribution in [0, 0.1) is 5.82 Å². The zero-order valence-corrected chi connectivity index (χ0v) is 16.9. The van der Waals surface area contributed by atoms with Gasteiger partial charge in [-0.3, -0.25) is 9.69 Å². The van der Waals surface area contributed by atoms with Crippen LogP contribution in [0.3, 0.4) is 0 Å². The van der Waals surface area contributed by atoms with Crippen molar-refractivity contribution in [2.24, 2.45) is 0 Å². The molecule has 0 radical (unpaired) electrons. The standard InChI is InChI=1S/C20H20ClFN6O2/c21-16-6-2-4-8-18(16)28-20(30)27(23-24-28)14-19(29)26-11-9-25(10-12-26)13-15-5-1-3-7-17(15)22/h1-8H,9-14H2. The Kier molecular flexibility index (Phi) is 5.91. The molecule has 156 valence electrons. The molecule has 0 spiro atoms. The number of carbonyl (C=O) groups excluding carboxylic acids is 1. The summed E-state index contributed by atoms with van der Waals surface area (Å²) in [5.41, 5.74) is 0.513. The van der Waals surface area contributed by atoms with Gasteiger partial charge in [-0.05, 0) is 28.6 Å². The highest BCUT2D eigenvalue weighted by Gasteiger charge is 2.23.